The monoisotopic (exact) mass is 375 g/mol. The van der Waals surface area contributed by atoms with Crippen molar-refractivity contribution in [3.05, 3.63) is 16.9 Å². The molecule has 1 aliphatic rings. The van der Waals surface area contributed by atoms with Gasteiger partial charge in [0, 0.05) is 24.3 Å². The number of likely N-dealkylation sites (tertiary alicyclic amines) is 1. The highest BCUT2D eigenvalue weighted by Crippen LogP contribution is 2.24. The Bertz CT molecular complexity index is 731. The van der Waals surface area contributed by atoms with E-state index in [2.05, 4.69) is 9.97 Å². The summed E-state index contributed by atoms with van der Waals surface area (Å²) in [5.74, 6) is -0.244. The van der Waals surface area contributed by atoms with Crippen LogP contribution in [0.1, 0.15) is 39.2 Å². The third kappa shape index (κ3) is 4.57. The number of ether oxygens (including phenoxy) is 1. The number of carbonyl (C=O) groups is 1. The molecule has 1 aromatic rings. The molecule has 0 unspecified atom stereocenters. The van der Waals surface area contributed by atoms with Gasteiger partial charge in [0.05, 0.1) is 5.75 Å². The van der Waals surface area contributed by atoms with Crippen LogP contribution in [-0.4, -0.2) is 53.3 Å². The molecular weight excluding hydrogens is 354 g/mol. The number of carbonyl (C=O) groups excluding carboxylic acids is 1. The van der Waals surface area contributed by atoms with Crippen LogP contribution in [0.2, 0.25) is 5.15 Å². The maximum atomic E-state index is 12.5. The molecule has 2 heterocycles. The van der Waals surface area contributed by atoms with E-state index in [-0.39, 0.29) is 16.1 Å². The summed E-state index contributed by atoms with van der Waals surface area (Å²) in [5.41, 5.74) is -0.0247. The molecule has 1 fully saturated rings. The van der Waals surface area contributed by atoms with Crippen LogP contribution < -0.4 is 0 Å². The number of rotatable bonds is 3. The molecule has 0 aromatic carbocycles. The van der Waals surface area contributed by atoms with Gasteiger partial charge in [-0.05, 0) is 40.5 Å². The minimum atomic E-state index is -3.75. The van der Waals surface area contributed by atoms with Gasteiger partial charge < -0.3 is 9.64 Å². The van der Waals surface area contributed by atoms with Crippen LogP contribution in [0, 0.1) is 6.92 Å². The Morgan fingerprint density at radius 3 is 2.71 bits per heavy atom. The van der Waals surface area contributed by atoms with E-state index >= 15 is 0 Å². The summed E-state index contributed by atoms with van der Waals surface area (Å²) < 4.78 is 30.4. The molecule has 0 N–H and O–H groups in total. The Morgan fingerprint density at radius 2 is 2.12 bits per heavy atom. The first-order valence-electron chi connectivity index (χ1n) is 7.71. The minimum Gasteiger partial charge on any atom is -0.444 e. The van der Waals surface area contributed by atoms with Crippen molar-refractivity contribution in [1.29, 1.82) is 0 Å². The molecule has 134 valence electrons. The highest BCUT2D eigenvalue weighted by atomic mass is 35.5. The van der Waals surface area contributed by atoms with Crippen molar-refractivity contribution in [2.45, 2.75) is 57.3 Å². The van der Waals surface area contributed by atoms with E-state index in [9.17, 15) is 13.2 Å². The zero-order chi connectivity index (χ0) is 18.1. The minimum absolute atomic E-state index is 0.110. The smallest absolute Gasteiger partial charge is 0.410 e. The normalized spacial score (nSPS) is 18.7. The average molecular weight is 376 g/mol. The van der Waals surface area contributed by atoms with E-state index in [1.807, 2.05) is 0 Å². The molecule has 0 saturated carbocycles. The van der Waals surface area contributed by atoms with Crippen LogP contribution in [0.5, 0.6) is 0 Å². The maximum absolute atomic E-state index is 12.5. The van der Waals surface area contributed by atoms with Crippen molar-refractivity contribution >= 4 is 27.5 Å². The Morgan fingerprint density at radius 1 is 1.46 bits per heavy atom. The molecule has 0 bridgehead atoms. The van der Waals surface area contributed by atoms with Crippen molar-refractivity contribution in [2.75, 3.05) is 12.3 Å². The third-order valence-electron chi connectivity index (χ3n) is 3.58. The number of hydrogen-bond acceptors (Lipinski definition) is 6. The quantitative estimate of drug-likeness (QED) is 0.595. The van der Waals surface area contributed by atoms with Gasteiger partial charge in [0.1, 0.15) is 10.8 Å². The third-order valence-corrected chi connectivity index (χ3v) is 5.54. The van der Waals surface area contributed by atoms with Gasteiger partial charge in [-0.2, -0.15) is 0 Å². The fourth-order valence-electron chi connectivity index (χ4n) is 2.45. The lowest BCUT2D eigenvalue weighted by Crippen LogP contribution is -2.42. The van der Waals surface area contributed by atoms with Gasteiger partial charge >= 0.3 is 6.09 Å². The summed E-state index contributed by atoms with van der Waals surface area (Å²) >= 11 is 5.89. The molecule has 9 heteroatoms. The predicted octanol–water partition coefficient (Wildman–Crippen LogP) is 2.61. The molecule has 1 amide bonds. The van der Waals surface area contributed by atoms with Crippen LogP contribution in [0.25, 0.3) is 0 Å². The van der Waals surface area contributed by atoms with Crippen LogP contribution in [0.15, 0.2) is 11.4 Å². The van der Waals surface area contributed by atoms with Crippen molar-refractivity contribution in [1.82, 2.24) is 14.9 Å². The zero-order valence-corrected chi connectivity index (χ0v) is 15.8. The number of aromatic nitrogens is 2. The van der Waals surface area contributed by atoms with Gasteiger partial charge in [-0.25, -0.2) is 23.2 Å². The molecule has 1 saturated heterocycles. The van der Waals surface area contributed by atoms with Gasteiger partial charge in [-0.15, -0.1) is 0 Å². The number of amides is 1. The lowest BCUT2D eigenvalue weighted by molar-refractivity contribution is 0.0241. The predicted molar refractivity (Wildman–Crippen MR) is 89.8 cm³/mol. The van der Waals surface area contributed by atoms with Gasteiger partial charge in [-0.3, -0.25) is 0 Å². The summed E-state index contributed by atoms with van der Waals surface area (Å²) in [5, 5.41) is -0.201. The van der Waals surface area contributed by atoms with Gasteiger partial charge in [0.15, 0.2) is 0 Å². The van der Waals surface area contributed by atoms with E-state index < -0.39 is 27.6 Å². The second kappa shape index (κ2) is 6.84. The van der Waals surface area contributed by atoms with Gasteiger partial charge in [-0.1, -0.05) is 11.6 Å². The van der Waals surface area contributed by atoms with Gasteiger partial charge in [0.2, 0.25) is 15.0 Å². The fourth-order valence-corrected chi connectivity index (χ4v) is 4.08. The van der Waals surface area contributed by atoms with E-state index in [0.717, 1.165) is 6.42 Å². The summed E-state index contributed by atoms with van der Waals surface area (Å²) in [6, 6.07) is -0.450. The number of nitrogens with zero attached hydrogens (tertiary/aromatic N) is 3. The number of hydrogen-bond donors (Lipinski definition) is 0. The average Bonchev–Trinajstić information content (AvgIpc) is 2.87. The molecule has 2 rings (SSSR count). The van der Waals surface area contributed by atoms with E-state index in [0.29, 0.717) is 18.5 Å². The molecule has 1 aliphatic heterocycles. The number of sulfone groups is 1. The van der Waals surface area contributed by atoms with Crippen molar-refractivity contribution in [3.63, 3.8) is 0 Å². The van der Waals surface area contributed by atoms with Crippen LogP contribution in [0.3, 0.4) is 0 Å². The largest absolute Gasteiger partial charge is 0.444 e. The zero-order valence-electron chi connectivity index (χ0n) is 14.2. The second-order valence-electron chi connectivity index (χ2n) is 6.88. The van der Waals surface area contributed by atoms with Crippen LogP contribution >= 0.6 is 11.6 Å². The van der Waals surface area contributed by atoms with Crippen molar-refractivity contribution < 1.29 is 17.9 Å². The summed E-state index contributed by atoms with van der Waals surface area (Å²) in [6.07, 6.45) is 2.21. The van der Waals surface area contributed by atoms with Crippen molar-refractivity contribution in [2.24, 2.45) is 0 Å². The number of halogens is 1. The molecular formula is C15H22ClN3O4S. The first-order chi connectivity index (χ1) is 11.0. The first-order valence-corrected chi connectivity index (χ1v) is 9.74. The Kier molecular flexibility index (Phi) is 5.39. The fraction of sp³-hybridized carbons (Fsp3) is 0.667. The first kappa shape index (κ1) is 18.9. The molecule has 0 radical (unpaired) electrons. The lowest BCUT2D eigenvalue weighted by atomic mass is 10.2. The maximum Gasteiger partial charge on any atom is 0.410 e. The molecule has 1 aromatic heterocycles. The molecule has 24 heavy (non-hydrogen) atoms. The molecule has 0 spiro atoms. The highest BCUT2D eigenvalue weighted by molar-refractivity contribution is 7.91. The SMILES string of the molecule is Cc1cnc(S(=O)(=O)C[C@@H]2CCCN2C(=O)OC(C)(C)C)nc1Cl. The topological polar surface area (TPSA) is 89.5 Å². The number of aryl methyl sites for hydroxylation is 1. The molecule has 1 atom stereocenters. The molecule has 0 aliphatic carbocycles. The summed E-state index contributed by atoms with van der Waals surface area (Å²) in [4.78, 5) is 21.4. The van der Waals surface area contributed by atoms with Crippen LogP contribution in [0.4, 0.5) is 4.79 Å². The Balaban J connectivity index is 2.16. The van der Waals surface area contributed by atoms with E-state index in [4.69, 9.17) is 16.3 Å². The van der Waals surface area contributed by atoms with E-state index in [1.165, 1.54) is 11.1 Å². The summed E-state index contributed by atoms with van der Waals surface area (Å²) in [7, 11) is -3.75. The van der Waals surface area contributed by atoms with Crippen molar-refractivity contribution in [3.8, 4) is 0 Å². The van der Waals surface area contributed by atoms with Gasteiger partial charge in [0.25, 0.3) is 0 Å². The summed E-state index contributed by atoms with van der Waals surface area (Å²) in [6.45, 7) is 7.49. The Hall–Kier alpha value is -1.41. The van der Waals surface area contributed by atoms with E-state index in [1.54, 1.807) is 27.7 Å². The standard InChI is InChI=1S/C15H22ClN3O4S/c1-10-8-17-13(18-12(10)16)24(21,22)9-11-6-5-7-19(11)14(20)23-15(2,3)4/h8,11H,5-7,9H2,1-4H3/t11-/m0/s1. The Labute approximate surface area is 147 Å². The second-order valence-corrected chi connectivity index (χ2v) is 9.16. The lowest BCUT2D eigenvalue weighted by Gasteiger charge is -2.28. The molecule has 7 nitrogen and oxygen atoms in total. The van der Waals surface area contributed by atoms with Crippen LogP contribution in [-0.2, 0) is 14.6 Å². The highest BCUT2D eigenvalue weighted by Gasteiger charge is 2.36.